The molecule has 0 spiro atoms. The monoisotopic (exact) mass is 246 g/mol. The van der Waals surface area contributed by atoms with Gasteiger partial charge < -0.3 is 10.5 Å². The van der Waals surface area contributed by atoms with E-state index >= 15 is 0 Å². The van der Waals surface area contributed by atoms with Crippen molar-refractivity contribution in [3.8, 4) is 5.75 Å². The summed E-state index contributed by atoms with van der Waals surface area (Å²) in [4.78, 5) is 0. The fourth-order valence-corrected chi connectivity index (χ4v) is 1.75. The maximum atomic E-state index is 6.06. The van der Waals surface area contributed by atoms with E-state index in [1.54, 1.807) is 4.68 Å². The first kappa shape index (κ1) is 12.6. The number of ether oxygens (including phenoxy) is 1. The van der Waals surface area contributed by atoms with Crippen LogP contribution in [0.25, 0.3) is 0 Å². The fraction of sp³-hybridized carbons (Fsp3) is 0.385. The molecular weight excluding hydrogens is 228 g/mol. The molecule has 0 radical (unpaired) electrons. The summed E-state index contributed by atoms with van der Waals surface area (Å²) in [6.45, 7) is 2.46. The number of benzene rings is 1. The number of nitrogens with two attached hydrogens (primary N) is 1. The number of para-hydroxylation sites is 1. The maximum absolute atomic E-state index is 6.06. The molecule has 2 aromatic rings. The first-order valence-corrected chi connectivity index (χ1v) is 6.03. The highest BCUT2D eigenvalue weighted by Gasteiger charge is 2.10. The molecule has 18 heavy (non-hydrogen) atoms. The SMILES string of the molecule is CCC(N)c1ccccc1OCc1cn(C)nn1. The fourth-order valence-electron chi connectivity index (χ4n) is 1.75. The molecule has 2 rings (SSSR count). The van der Waals surface area contributed by atoms with Gasteiger partial charge in [-0.05, 0) is 12.5 Å². The summed E-state index contributed by atoms with van der Waals surface area (Å²) < 4.78 is 7.42. The number of nitrogens with zero attached hydrogens (tertiary/aromatic N) is 3. The predicted octanol–water partition coefficient (Wildman–Crippen LogP) is 1.80. The van der Waals surface area contributed by atoms with E-state index in [9.17, 15) is 0 Å². The summed E-state index contributed by atoms with van der Waals surface area (Å²) >= 11 is 0. The van der Waals surface area contributed by atoms with Gasteiger partial charge >= 0.3 is 0 Å². The second-order valence-electron chi connectivity index (χ2n) is 4.22. The standard InChI is InChI=1S/C13H18N4O/c1-3-12(14)11-6-4-5-7-13(11)18-9-10-8-17(2)16-15-10/h4-8,12H,3,9,14H2,1-2H3. The zero-order chi connectivity index (χ0) is 13.0. The van der Waals surface area contributed by atoms with Gasteiger partial charge in [-0.25, -0.2) is 0 Å². The zero-order valence-electron chi connectivity index (χ0n) is 10.7. The van der Waals surface area contributed by atoms with Crippen molar-refractivity contribution >= 4 is 0 Å². The molecule has 1 unspecified atom stereocenters. The Kier molecular flexibility index (Phi) is 3.94. The highest BCUT2D eigenvalue weighted by Crippen LogP contribution is 2.25. The summed E-state index contributed by atoms with van der Waals surface area (Å²) in [6, 6.07) is 7.85. The third kappa shape index (κ3) is 2.87. The molecule has 0 bridgehead atoms. The van der Waals surface area contributed by atoms with Crippen molar-refractivity contribution in [2.45, 2.75) is 26.0 Å². The third-order valence-electron chi connectivity index (χ3n) is 2.78. The Morgan fingerprint density at radius 2 is 2.17 bits per heavy atom. The molecule has 1 heterocycles. The summed E-state index contributed by atoms with van der Waals surface area (Å²) in [6.07, 6.45) is 2.72. The van der Waals surface area contributed by atoms with Crippen LogP contribution in [0.3, 0.4) is 0 Å². The van der Waals surface area contributed by atoms with E-state index in [4.69, 9.17) is 10.5 Å². The first-order valence-electron chi connectivity index (χ1n) is 6.03. The van der Waals surface area contributed by atoms with Crippen LogP contribution in [0.15, 0.2) is 30.5 Å². The summed E-state index contributed by atoms with van der Waals surface area (Å²) in [5, 5.41) is 7.85. The topological polar surface area (TPSA) is 66.0 Å². The van der Waals surface area contributed by atoms with Gasteiger partial charge in [0.05, 0.1) is 6.20 Å². The smallest absolute Gasteiger partial charge is 0.134 e. The number of rotatable bonds is 5. The van der Waals surface area contributed by atoms with Gasteiger partial charge in [-0.3, -0.25) is 4.68 Å². The number of aryl methyl sites for hydroxylation is 1. The van der Waals surface area contributed by atoms with Gasteiger partial charge in [-0.2, -0.15) is 0 Å². The molecule has 0 aliphatic carbocycles. The predicted molar refractivity (Wildman–Crippen MR) is 69.0 cm³/mol. The summed E-state index contributed by atoms with van der Waals surface area (Å²) in [5.74, 6) is 0.817. The van der Waals surface area contributed by atoms with Crippen molar-refractivity contribution in [2.75, 3.05) is 0 Å². The Balaban J connectivity index is 2.09. The maximum Gasteiger partial charge on any atom is 0.134 e. The lowest BCUT2D eigenvalue weighted by atomic mass is 10.0. The average molecular weight is 246 g/mol. The van der Waals surface area contributed by atoms with Crippen LogP contribution in [0.1, 0.15) is 30.6 Å². The number of hydrogen-bond acceptors (Lipinski definition) is 4. The van der Waals surface area contributed by atoms with Gasteiger partial charge in [0, 0.05) is 18.7 Å². The minimum Gasteiger partial charge on any atom is -0.487 e. The quantitative estimate of drug-likeness (QED) is 0.873. The van der Waals surface area contributed by atoms with Crippen molar-refractivity contribution in [1.82, 2.24) is 15.0 Å². The molecule has 0 aliphatic heterocycles. The van der Waals surface area contributed by atoms with Crippen LogP contribution in [-0.4, -0.2) is 15.0 Å². The molecule has 1 atom stereocenters. The van der Waals surface area contributed by atoms with Crippen LogP contribution >= 0.6 is 0 Å². The Bertz CT molecular complexity index is 509. The Morgan fingerprint density at radius 1 is 1.39 bits per heavy atom. The van der Waals surface area contributed by atoms with Crippen molar-refractivity contribution in [2.24, 2.45) is 12.8 Å². The third-order valence-corrected chi connectivity index (χ3v) is 2.78. The molecule has 96 valence electrons. The van der Waals surface area contributed by atoms with Gasteiger partial charge in [0.25, 0.3) is 0 Å². The van der Waals surface area contributed by atoms with Gasteiger partial charge in [0.2, 0.25) is 0 Å². The molecule has 1 aromatic heterocycles. The van der Waals surface area contributed by atoms with Crippen molar-refractivity contribution in [3.63, 3.8) is 0 Å². The van der Waals surface area contributed by atoms with Crippen LogP contribution in [0.5, 0.6) is 5.75 Å². The van der Waals surface area contributed by atoms with Crippen LogP contribution < -0.4 is 10.5 Å². The van der Waals surface area contributed by atoms with Crippen LogP contribution in [0, 0.1) is 0 Å². The minimum absolute atomic E-state index is 0.00283. The summed E-state index contributed by atoms with van der Waals surface area (Å²) in [5.41, 5.74) is 7.89. The largest absolute Gasteiger partial charge is 0.487 e. The van der Waals surface area contributed by atoms with E-state index < -0.39 is 0 Å². The molecular formula is C13H18N4O. The minimum atomic E-state index is 0.00283. The first-order chi connectivity index (χ1) is 8.70. The lowest BCUT2D eigenvalue weighted by Crippen LogP contribution is -2.10. The van der Waals surface area contributed by atoms with Gasteiger partial charge in [-0.15, -0.1) is 5.10 Å². The molecule has 0 aliphatic rings. The second kappa shape index (κ2) is 5.64. The molecule has 0 saturated carbocycles. The lowest BCUT2D eigenvalue weighted by molar-refractivity contribution is 0.296. The van der Waals surface area contributed by atoms with Gasteiger partial charge in [-0.1, -0.05) is 30.3 Å². The van der Waals surface area contributed by atoms with E-state index in [0.29, 0.717) is 6.61 Å². The Morgan fingerprint density at radius 3 is 2.83 bits per heavy atom. The molecule has 1 aromatic carbocycles. The van der Waals surface area contributed by atoms with Gasteiger partial charge in [0.15, 0.2) is 0 Å². The normalized spacial score (nSPS) is 12.4. The molecule has 5 heteroatoms. The highest BCUT2D eigenvalue weighted by molar-refractivity contribution is 5.35. The van der Waals surface area contributed by atoms with Crippen LogP contribution in [-0.2, 0) is 13.7 Å². The zero-order valence-corrected chi connectivity index (χ0v) is 10.7. The van der Waals surface area contributed by atoms with E-state index in [2.05, 4.69) is 17.2 Å². The van der Waals surface area contributed by atoms with E-state index in [0.717, 1.165) is 23.4 Å². The van der Waals surface area contributed by atoms with Gasteiger partial charge in [0.1, 0.15) is 18.1 Å². The second-order valence-corrected chi connectivity index (χ2v) is 4.22. The van der Waals surface area contributed by atoms with Crippen LogP contribution in [0.2, 0.25) is 0 Å². The molecule has 0 amide bonds. The van der Waals surface area contributed by atoms with E-state index in [-0.39, 0.29) is 6.04 Å². The van der Waals surface area contributed by atoms with Crippen molar-refractivity contribution < 1.29 is 4.74 Å². The summed E-state index contributed by atoms with van der Waals surface area (Å²) in [7, 11) is 1.83. The molecule has 0 fully saturated rings. The van der Waals surface area contributed by atoms with E-state index in [1.165, 1.54) is 0 Å². The number of hydrogen-bond donors (Lipinski definition) is 1. The molecule has 5 nitrogen and oxygen atoms in total. The van der Waals surface area contributed by atoms with Crippen molar-refractivity contribution in [1.29, 1.82) is 0 Å². The lowest BCUT2D eigenvalue weighted by Gasteiger charge is -2.14. The van der Waals surface area contributed by atoms with Crippen LogP contribution in [0.4, 0.5) is 0 Å². The van der Waals surface area contributed by atoms with E-state index in [1.807, 2.05) is 37.5 Å². The molecule has 2 N–H and O–H groups in total. The number of aromatic nitrogens is 3. The average Bonchev–Trinajstić information content (AvgIpc) is 2.81. The Hall–Kier alpha value is -1.88. The molecule has 0 saturated heterocycles. The van der Waals surface area contributed by atoms with Crippen molar-refractivity contribution in [3.05, 3.63) is 41.7 Å². The Labute approximate surface area is 107 Å². The highest BCUT2D eigenvalue weighted by atomic mass is 16.5.